The van der Waals surface area contributed by atoms with Gasteiger partial charge in [0.25, 0.3) is 0 Å². The van der Waals surface area contributed by atoms with E-state index in [-0.39, 0.29) is 17.1 Å². The van der Waals surface area contributed by atoms with Crippen LogP contribution in [-0.2, 0) is 12.6 Å². The highest BCUT2D eigenvalue weighted by Crippen LogP contribution is 2.33. The Hall–Kier alpha value is -1.33. The number of halogens is 5. The highest BCUT2D eigenvalue weighted by atomic mass is 35.5. The van der Waals surface area contributed by atoms with Crippen LogP contribution in [0.25, 0.3) is 0 Å². The third-order valence-corrected chi connectivity index (χ3v) is 3.03. The van der Waals surface area contributed by atoms with E-state index in [2.05, 4.69) is 9.97 Å². The molecular weight excluding hydrogens is 300 g/mol. The quantitative estimate of drug-likeness (QED) is 0.769. The summed E-state index contributed by atoms with van der Waals surface area (Å²) in [6.07, 6.45) is -3.77. The van der Waals surface area contributed by atoms with E-state index in [4.69, 9.17) is 23.2 Å². The first-order valence-corrected chi connectivity index (χ1v) is 5.94. The zero-order chi connectivity index (χ0) is 14.0. The Morgan fingerprint density at radius 3 is 2.21 bits per heavy atom. The van der Waals surface area contributed by atoms with Crippen LogP contribution in [0.5, 0.6) is 0 Å². The zero-order valence-electron chi connectivity index (χ0n) is 9.38. The first-order valence-electron chi connectivity index (χ1n) is 5.19. The third-order valence-electron chi connectivity index (χ3n) is 2.46. The Kier molecular flexibility index (Phi) is 3.96. The molecule has 19 heavy (non-hydrogen) atoms. The molecule has 2 rings (SSSR count). The standard InChI is InChI=1S/C12H7Cl2F3N2/c13-8-3-1-7(2-4-8)5-9-10(12(15,16)17)18-6-19-11(9)14/h1-4,6H,5H2. The molecule has 0 N–H and O–H groups in total. The second kappa shape index (κ2) is 5.35. The molecule has 0 atom stereocenters. The second-order valence-corrected chi connectivity index (χ2v) is 4.59. The molecule has 0 radical (unpaired) electrons. The largest absolute Gasteiger partial charge is 0.433 e. The van der Waals surface area contributed by atoms with E-state index < -0.39 is 11.9 Å². The zero-order valence-corrected chi connectivity index (χ0v) is 10.9. The van der Waals surface area contributed by atoms with Gasteiger partial charge in [0.15, 0.2) is 5.69 Å². The summed E-state index contributed by atoms with van der Waals surface area (Å²) in [6.45, 7) is 0. The van der Waals surface area contributed by atoms with Crippen LogP contribution in [0.1, 0.15) is 16.8 Å². The Bertz CT molecular complexity index is 583. The first kappa shape index (κ1) is 14.1. The van der Waals surface area contributed by atoms with E-state index >= 15 is 0 Å². The van der Waals surface area contributed by atoms with Crippen molar-refractivity contribution in [3.8, 4) is 0 Å². The lowest BCUT2D eigenvalue weighted by molar-refractivity contribution is -0.141. The number of hydrogen-bond acceptors (Lipinski definition) is 2. The maximum atomic E-state index is 12.8. The molecule has 2 aromatic rings. The Morgan fingerprint density at radius 2 is 1.63 bits per heavy atom. The second-order valence-electron chi connectivity index (χ2n) is 3.79. The number of aromatic nitrogens is 2. The SMILES string of the molecule is FC(F)(F)c1ncnc(Cl)c1Cc1ccc(Cl)cc1. The van der Waals surface area contributed by atoms with Gasteiger partial charge in [-0.25, -0.2) is 9.97 Å². The van der Waals surface area contributed by atoms with E-state index in [0.717, 1.165) is 6.33 Å². The van der Waals surface area contributed by atoms with Crippen LogP contribution < -0.4 is 0 Å². The van der Waals surface area contributed by atoms with Gasteiger partial charge in [0, 0.05) is 17.0 Å². The van der Waals surface area contributed by atoms with Gasteiger partial charge in [-0.05, 0) is 17.7 Å². The molecule has 1 heterocycles. The molecule has 1 aromatic heterocycles. The highest BCUT2D eigenvalue weighted by molar-refractivity contribution is 6.30. The van der Waals surface area contributed by atoms with Crippen molar-refractivity contribution in [2.24, 2.45) is 0 Å². The summed E-state index contributed by atoms with van der Waals surface area (Å²) in [7, 11) is 0. The van der Waals surface area contributed by atoms with Crippen LogP contribution in [0.2, 0.25) is 10.2 Å². The van der Waals surface area contributed by atoms with Crippen LogP contribution in [0.15, 0.2) is 30.6 Å². The van der Waals surface area contributed by atoms with Crippen molar-refractivity contribution in [1.82, 2.24) is 9.97 Å². The average Bonchev–Trinajstić information content (AvgIpc) is 2.33. The van der Waals surface area contributed by atoms with Gasteiger partial charge >= 0.3 is 6.18 Å². The van der Waals surface area contributed by atoms with Crippen LogP contribution in [-0.4, -0.2) is 9.97 Å². The van der Waals surface area contributed by atoms with Crippen molar-refractivity contribution >= 4 is 23.2 Å². The molecule has 0 aliphatic heterocycles. The van der Waals surface area contributed by atoms with Gasteiger partial charge in [0.2, 0.25) is 0 Å². The van der Waals surface area contributed by atoms with Crippen molar-refractivity contribution < 1.29 is 13.2 Å². The highest BCUT2D eigenvalue weighted by Gasteiger charge is 2.36. The fourth-order valence-corrected chi connectivity index (χ4v) is 1.92. The predicted molar refractivity (Wildman–Crippen MR) is 66.3 cm³/mol. The summed E-state index contributed by atoms with van der Waals surface area (Å²) in [4.78, 5) is 6.87. The van der Waals surface area contributed by atoms with Crippen molar-refractivity contribution in [2.45, 2.75) is 12.6 Å². The summed E-state index contributed by atoms with van der Waals surface area (Å²) in [5.74, 6) is 0. The maximum absolute atomic E-state index is 12.8. The molecule has 0 saturated heterocycles. The van der Waals surface area contributed by atoms with Gasteiger partial charge in [-0.3, -0.25) is 0 Å². The van der Waals surface area contributed by atoms with E-state index in [1.54, 1.807) is 24.3 Å². The lowest BCUT2D eigenvalue weighted by Crippen LogP contribution is -2.13. The van der Waals surface area contributed by atoms with Crippen LogP contribution in [0.3, 0.4) is 0 Å². The van der Waals surface area contributed by atoms with E-state index in [0.29, 0.717) is 10.6 Å². The van der Waals surface area contributed by atoms with Crippen LogP contribution >= 0.6 is 23.2 Å². The average molecular weight is 307 g/mol. The summed E-state index contributed by atoms with van der Waals surface area (Å²) in [5.41, 5.74) is -0.506. The van der Waals surface area contributed by atoms with Crippen molar-refractivity contribution in [2.75, 3.05) is 0 Å². The van der Waals surface area contributed by atoms with Gasteiger partial charge < -0.3 is 0 Å². The molecule has 0 aliphatic carbocycles. The maximum Gasteiger partial charge on any atom is 0.433 e. The third kappa shape index (κ3) is 3.36. The fraction of sp³-hybridized carbons (Fsp3) is 0.167. The molecule has 0 unspecified atom stereocenters. The first-order chi connectivity index (χ1) is 8.88. The fourth-order valence-electron chi connectivity index (χ4n) is 1.60. The monoisotopic (exact) mass is 306 g/mol. The Morgan fingerprint density at radius 1 is 1.00 bits per heavy atom. The molecular formula is C12H7Cl2F3N2. The summed E-state index contributed by atoms with van der Waals surface area (Å²) >= 11 is 11.5. The number of rotatable bonds is 2. The van der Waals surface area contributed by atoms with Crippen molar-refractivity contribution in [1.29, 1.82) is 0 Å². The minimum Gasteiger partial charge on any atom is -0.231 e. The molecule has 0 aliphatic rings. The van der Waals surface area contributed by atoms with Gasteiger partial charge in [-0.15, -0.1) is 0 Å². The topological polar surface area (TPSA) is 25.8 Å². The van der Waals surface area contributed by atoms with Crippen molar-refractivity contribution in [3.05, 3.63) is 57.6 Å². The van der Waals surface area contributed by atoms with Gasteiger partial charge in [-0.1, -0.05) is 35.3 Å². The van der Waals surface area contributed by atoms with E-state index in [1.165, 1.54) is 0 Å². The van der Waals surface area contributed by atoms with E-state index in [1.807, 2.05) is 0 Å². The molecule has 0 fully saturated rings. The Labute approximate surface area is 117 Å². The molecule has 0 bridgehead atoms. The minimum absolute atomic E-state index is 0.00825. The summed E-state index contributed by atoms with van der Waals surface area (Å²) in [5, 5.41) is 0.312. The van der Waals surface area contributed by atoms with Crippen LogP contribution in [0.4, 0.5) is 13.2 Å². The van der Waals surface area contributed by atoms with E-state index in [9.17, 15) is 13.2 Å². The van der Waals surface area contributed by atoms with Gasteiger partial charge in [0.05, 0.1) is 0 Å². The molecule has 0 amide bonds. The van der Waals surface area contributed by atoms with Crippen molar-refractivity contribution in [3.63, 3.8) is 0 Å². The summed E-state index contributed by atoms with van der Waals surface area (Å²) < 4.78 is 38.5. The van der Waals surface area contributed by atoms with Gasteiger partial charge in [0.1, 0.15) is 11.5 Å². The minimum atomic E-state index is -4.56. The molecule has 7 heteroatoms. The Balaban J connectivity index is 2.42. The smallest absolute Gasteiger partial charge is 0.231 e. The number of nitrogens with zero attached hydrogens (tertiary/aromatic N) is 2. The lowest BCUT2D eigenvalue weighted by atomic mass is 10.0. The lowest BCUT2D eigenvalue weighted by Gasteiger charge is -2.12. The molecule has 2 nitrogen and oxygen atoms in total. The number of hydrogen-bond donors (Lipinski definition) is 0. The van der Waals surface area contributed by atoms with Crippen LogP contribution in [0, 0.1) is 0 Å². The number of alkyl halides is 3. The number of benzene rings is 1. The molecule has 100 valence electrons. The predicted octanol–water partition coefficient (Wildman–Crippen LogP) is 4.39. The molecule has 0 saturated carbocycles. The van der Waals surface area contributed by atoms with Gasteiger partial charge in [-0.2, -0.15) is 13.2 Å². The molecule has 0 spiro atoms. The normalized spacial score (nSPS) is 11.6. The molecule has 1 aromatic carbocycles. The summed E-state index contributed by atoms with van der Waals surface area (Å²) in [6, 6.07) is 6.46.